The fourth-order valence-corrected chi connectivity index (χ4v) is 6.25. The maximum absolute atomic E-state index is 14.1. The fraction of sp³-hybridized carbons (Fsp3) is 0.241. The van der Waals surface area contributed by atoms with Crippen LogP contribution in [-0.2, 0) is 22.7 Å². The third kappa shape index (κ3) is 4.58. The first-order valence-electron chi connectivity index (χ1n) is 12.2. The van der Waals surface area contributed by atoms with E-state index in [1.165, 1.54) is 11.8 Å². The molecule has 2 amide bonds. The van der Waals surface area contributed by atoms with Crippen LogP contribution in [0.1, 0.15) is 29.7 Å². The number of fused-ring (bicyclic) bond motifs is 3. The molecule has 0 spiro atoms. The average Bonchev–Trinajstić information content (AvgIpc) is 3.14. The van der Waals surface area contributed by atoms with Crippen molar-refractivity contribution in [3.63, 3.8) is 0 Å². The van der Waals surface area contributed by atoms with Crippen molar-refractivity contribution in [3.05, 3.63) is 88.4 Å². The summed E-state index contributed by atoms with van der Waals surface area (Å²) in [5.74, 6) is 0.496. The van der Waals surface area contributed by atoms with E-state index in [0.717, 1.165) is 39.2 Å². The van der Waals surface area contributed by atoms with Gasteiger partial charge in [-0.3, -0.25) is 14.5 Å². The highest BCUT2D eigenvalue weighted by Gasteiger charge is 2.40. The fourth-order valence-electron chi connectivity index (χ4n) is 4.91. The van der Waals surface area contributed by atoms with Gasteiger partial charge in [-0.1, -0.05) is 65.8 Å². The van der Waals surface area contributed by atoms with E-state index in [1.807, 2.05) is 61.5 Å². The Balaban J connectivity index is 1.66. The SMILES string of the molecule is CCn1c2c(c3ccccc31)C(C(=O)NCc1ccccc1OC)N(c1ccc(C)c(Cl)c1)C(=O)CS2. The lowest BCUT2D eigenvalue weighted by Crippen LogP contribution is -2.43. The number of anilines is 1. The van der Waals surface area contributed by atoms with E-state index < -0.39 is 6.04 Å². The monoisotopic (exact) mass is 533 g/mol. The highest BCUT2D eigenvalue weighted by atomic mass is 35.5. The van der Waals surface area contributed by atoms with Gasteiger partial charge < -0.3 is 14.6 Å². The number of carbonyl (C=O) groups is 2. The Kier molecular flexibility index (Phi) is 7.17. The number of aryl methyl sites for hydroxylation is 2. The largest absolute Gasteiger partial charge is 0.496 e. The molecule has 0 bridgehead atoms. The number of para-hydroxylation sites is 2. The number of nitrogens with one attached hydrogen (secondary N) is 1. The summed E-state index contributed by atoms with van der Waals surface area (Å²) in [6.07, 6.45) is 0. The number of hydrogen-bond donors (Lipinski definition) is 1. The third-order valence-corrected chi connectivity index (χ3v) is 8.25. The molecule has 37 heavy (non-hydrogen) atoms. The number of nitrogens with zero attached hydrogens (tertiary/aromatic N) is 2. The van der Waals surface area contributed by atoms with Crippen LogP contribution in [0.15, 0.2) is 71.8 Å². The van der Waals surface area contributed by atoms with E-state index in [1.54, 1.807) is 18.1 Å². The molecule has 2 heterocycles. The first-order valence-corrected chi connectivity index (χ1v) is 13.5. The first-order chi connectivity index (χ1) is 17.9. The molecule has 1 unspecified atom stereocenters. The molecule has 0 aliphatic carbocycles. The van der Waals surface area contributed by atoms with E-state index in [2.05, 4.69) is 22.9 Å². The Morgan fingerprint density at radius 1 is 1.14 bits per heavy atom. The van der Waals surface area contributed by atoms with Crippen LogP contribution in [0.2, 0.25) is 5.02 Å². The number of methoxy groups -OCH3 is 1. The maximum Gasteiger partial charge on any atom is 0.248 e. The van der Waals surface area contributed by atoms with Crippen molar-refractivity contribution in [2.45, 2.75) is 38.0 Å². The molecule has 0 radical (unpaired) electrons. The van der Waals surface area contributed by atoms with Crippen LogP contribution in [0, 0.1) is 6.92 Å². The van der Waals surface area contributed by atoms with Crippen molar-refractivity contribution in [1.82, 2.24) is 9.88 Å². The summed E-state index contributed by atoms with van der Waals surface area (Å²) in [7, 11) is 1.61. The van der Waals surface area contributed by atoms with Crippen LogP contribution in [0.3, 0.4) is 0 Å². The molecule has 0 saturated heterocycles. The molecule has 1 atom stereocenters. The number of benzene rings is 3. The zero-order valence-corrected chi connectivity index (χ0v) is 22.5. The second kappa shape index (κ2) is 10.5. The molecular weight excluding hydrogens is 506 g/mol. The lowest BCUT2D eigenvalue weighted by Gasteiger charge is -2.30. The number of amides is 2. The van der Waals surface area contributed by atoms with Crippen LogP contribution in [0.5, 0.6) is 5.75 Å². The van der Waals surface area contributed by atoms with Gasteiger partial charge in [-0.25, -0.2) is 0 Å². The van der Waals surface area contributed by atoms with Crippen molar-refractivity contribution in [3.8, 4) is 5.75 Å². The zero-order valence-electron chi connectivity index (χ0n) is 21.0. The minimum Gasteiger partial charge on any atom is -0.496 e. The standard InChI is InChI=1S/C29H28ClN3O3S/c1-4-32-23-11-7-6-10-21(23)26-27(28(35)31-16-19-9-5-8-12-24(19)36-3)33(25(34)17-37-29(26)32)20-14-13-18(2)22(30)15-20/h5-15,27H,4,16-17H2,1-3H3,(H,31,35). The van der Waals surface area contributed by atoms with Gasteiger partial charge in [-0.2, -0.15) is 0 Å². The Morgan fingerprint density at radius 2 is 1.89 bits per heavy atom. The lowest BCUT2D eigenvalue weighted by molar-refractivity contribution is -0.125. The number of thioether (sulfide) groups is 1. The molecular formula is C29H28ClN3O3S. The molecule has 4 aromatic rings. The number of rotatable bonds is 6. The Bertz CT molecular complexity index is 1500. The molecule has 1 aliphatic heterocycles. The van der Waals surface area contributed by atoms with Crippen molar-refractivity contribution >= 4 is 51.8 Å². The number of carbonyl (C=O) groups excluding carboxylic acids is 2. The molecule has 1 aromatic heterocycles. The average molecular weight is 534 g/mol. The maximum atomic E-state index is 14.1. The van der Waals surface area contributed by atoms with Gasteiger partial charge >= 0.3 is 0 Å². The Hall–Kier alpha value is -3.42. The van der Waals surface area contributed by atoms with Gasteiger partial charge in [0.1, 0.15) is 11.8 Å². The van der Waals surface area contributed by atoms with Crippen molar-refractivity contribution in [2.24, 2.45) is 0 Å². The van der Waals surface area contributed by atoms with E-state index in [0.29, 0.717) is 16.5 Å². The predicted molar refractivity (Wildman–Crippen MR) is 150 cm³/mol. The van der Waals surface area contributed by atoms with Crippen molar-refractivity contribution < 1.29 is 14.3 Å². The first kappa shape index (κ1) is 25.2. The van der Waals surface area contributed by atoms with Gasteiger partial charge in [0.25, 0.3) is 0 Å². The highest BCUT2D eigenvalue weighted by molar-refractivity contribution is 8.00. The highest BCUT2D eigenvalue weighted by Crippen LogP contribution is 2.44. The summed E-state index contributed by atoms with van der Waals surface area (Å²) in [6, 6.07) is 20.3. The summed E-state index contributed by atoms with van der Waals surface area (Å²) >= 11 is 7.96. The molecule has 1 N–H and O–H groups in total. The number of aromatic nitrogens is 1. The van der Waals surface area contributed by atoms with Gasteiger partial charge in [0.15, 0.2) is 0 Å². The molecule has 5 rings (SSSR count). The molecule has 6 nitrogen and oxygen atoms in total. The molecule has 8 heteroatoms. The normalized spacial score (nSPS) is 15.4. The Labute approximate surface area is 225 Å². The van der Waals surface area contributed by atoms with Crippen molar-refractivity contribution in [1.29, 1.82) is 0 Å². The smallest absolute Gasteiger partial charge is 0.248 e. The number of halogens is 1. The summed E-state index contributed by atoms with van der Waals surface area (Å²) < 4.78 is 7.66. The number of hydrogen-bond acceptors (Lipinski definition) is 4. The summed E-state index contributed by atoms with van der Waals surface area (Å²) in [5, 5.41) is 5.53. The number of ether oxygens (including phenoxy) is 1. The summed E-state index contributed by atoms with van der Waals surface area (Å²) in [6.45, 7) is 4.98. The van der Waals surface area contributed by atoms with Gasteiger partial charge in [0.05, 0.1) is 17.9 Å². The van der Waals surface area contributed by atoms with Crippen LogP contribution < -0.4 is 15.0 Å². The van der Waals surface area contributed by atoms with Crippen LogP contribution in [0.4, 0.5) is 5.69 Å². The molecule has 0 saturated carbocycles. The van der Waals surface area contributed by atoms with Crippen molar-refractivity contribution in [2.75, 3.05) is 17.8 Å². The molecule has 190 valence electrons. The van der Waals surface area contributed by atoms with E-state index in [9.17, 15) is 9.59 Å². The molecule has 1 aliphatic rings. The lowest BCUT2D eigenvalue weighted by atomic mass is 10.0. The topological polar surface area (TPSA) is 63.6 Å². The second-order valence-electron chi connectivity index (χ2n) is 8.90. The minimum absolute atomic E-state index is 0.148. The quantitative estimate of drug-likeness (QED) is 0.324. The zero-order chi connectivity index (χ0) is 26.1. The molecule has 3 aromatic carbocycles. The second-order valence-corrected chi connectivity index (χ2v) is 10.3. The van der Waals surface area contributed by atoms with Gasteiger partial charge in [-0.15, -0.1) is 0 Å². The van der Waals surface area contributed by atoms with Gasteiger partial charge in [0, 0.05) is 45.8 Å². The summed E-state index contributed by atoms with van der Waals surface area (Å²) in [4.78, 5) is 29.4. The summed E-state index contributed by atoms with van der Waals surface area (Å²) in [5.41, 5.74) is 4.24. The van der Waals surface area contributed by atoms with E-state index in [4.69, 9.17) is 16.3 Å². The van der Waals surface area contributed by atoms with Crippen LogP contribution in [-0.4, -0.2) is 29.2 Å². The van der Waals surface area contributed by atoms with E-state index in [-0.39, 0.29) is 24.1 Å². The van der Waals surface area contributed by atoms with Crippen LogP contribution >= 0.6 is 23.4 Å². The van der Waals surface area contributed by atoms with Crippen LogP contribution in [0.25, 0.3) is 10.9 Å². The minimum atomic E-state index is -0.872. The molecule has 0 fully saturated rings. The van der Waals surface area contributed by atoms with E-state index >= 15 is 0 Å². The Morgan fingerprint density at radius 3 is 2.65 bits per heavy atom. The predicted octanol–water partition coefficient (Wildman–Crippen LogP) is 6.13. The van der Waals surface area contributed by atoms with Gasteiger partial charge in [0.2, 0.25) is 11.8 Å². The third-order valence-electron chi connectivity index (χ3n) is 6.74. The van der Waals surface area contributed by atoms with Gasteiger partial charge in [-0.05, 0) is 43.7 Å².